The van der Waals surface area contributed by atoms with Gasteiger partial charge in [-0.1, -0.05) is 237 Å². The fraction of sp³-hybridized carbons (Fsp3) is 0. The van der Waals surface area contributed by atoms with Gasteiger partial charge in [-0.3, -0.25) is 4.98 Å². The Hall–Kier alpha value is -13.7. The lowest BCUT2D eigenvalue weighted by molar-refractivity contribution is 0.670. The molecule has 0 N–H and O–H groups in total. The highest BCUT2D eigenvalue weighted by atomic mass is 16.3. The molecule has 21 rings (SSSR count). The molecule has 102 heavy (non-hydrogen) atoms. The Morgan fingerprint density at radius 2 is 0.647 bits per heavy atom. The quantitative estimate of drug-likeness (QED) is 0.145. The van der Waals surface area contributed by atoms with Crippen molar-refractivity contribution in [1.82, 2.24) is 23.7 Å². The van der Waals surface area contributed by atoms with Crippen LogP contribution in [0.25, 0.3) is 193 Å². The number of pyridine rings is 2. The third-order valence-corrected chi connectivity index (χ3v) is 20.6. The van der Waals surface area contributed by atoms with Gasteiger partial charge in [-0.25, -0.2) is 4.98 Å². The minimum atomic E-state index is 0.916. The molecule has 0 spiro atoms. The van der Waals surface area contributed by atoms with Crippen molar-refractivity contribution in [3.63, 3.8) is 0 Å². The predicted molar refractivity (Wildman–Crippen MR) is 426 cm³/mol. The van der Waals surface area contributed by atoms with E-state index in [1.54, 1.807) is 0 Å². The molecule has 15 aromatic carbocycles. The third-order valence-electron chi connectivity index (χ3n) is 20.6. The molecule has 6 nitrogen and oxygen atoms in total. The van der Waals surface area contributed by atoms with Gasteiger partial charge in [0, 0.05) is 93.8 Å². The molecule has 0 atom stereocenters. The molecule has 21 aromatic rings. The van der Waals surface area contributed by atoms with E-state index in [9.17, 15) is 0 Å². The second kappa shape index (κ2) is 24.1. The maximum atomic E-state index is 6.34. The van der Waals surface area contributed by atoms with Crippen LogP contribution in [-0.2, 0) is 0 Å². The van der Waals surface area contributed by atoms with Gasteiger partial charge in [-0.05, 0) is 172 Å². The Bertz CT molecular complexity index is 6850. The van der Waals surface area contributed by atoms with Crippen molar-refractivity contribution in [2.75, 3.05) is 0 Å². The summed E-state index contributed by atoms with van der Waals surface area (Å²) in [4.78, 5) is 9.61. The summed E-state index contributed by atoms with van der Waals surface area (Å²) < 4.78 is 13.5. The molecule has 0 saturated carbocycles. The van der Waals surface area contributed by atoms with Gasteiger partial charge in [-0.2, -0.15) is 0 Å². The van der Waals surface area contributed by atoms with Crippen LogP contribution in [0.1, 0.15) is 0 Å². The number of hydrogen-bond acceptors (Lipinski definition) is 3. The van der Waals surface area contributed by atoms with Crippen molar-refractivity contribution in [2.45, 2.75) is 0 Å². The summed E-state index contributed by atoms with van der Waals surface area (Å²) in [5.74, 6) is 0. The molecule has 0 radical (unpaired) electrons. The predicted octanol–water partition coefficient (Wildman–Crippen LogP) is 25.7. The van der Waals surface area contributed by atoms with Crippen LogP contribution in [0, 0.1) is 0 Å². The summed E-state index contributed by atoms with van der Waals surface area (Å²) in [5.41, 5.74) is 28.3. The van der Waals surface area contributed by atoms with Crippen LogP contribution in [0.2, 0.25) is 0 Å². The molecule has 476 valence electrons. The maximum Gasteiger partial charge on any atom is 0.143 e. The normalized spacial score (nSPS) is 11.7. The fourth-order valence-electron chi connectivity index (χ4n) is 15.6. The Labute approximate surface area is 587 Å². The Morgan fingerprint density at radius 3 is 1.25 bits per heavy atom. The minimum absolute atomic E-state index is 0.916. The summed E-state index contributed by atoms with van der Waals surface area (Å²) in [6.45, 7) is 0. The number of rotatable bonds is 9. The van der Waals surface area contributed by atoms with Crippen molar-refractivity contribution in [2.24, 2.45) is 0 Å². The first-order valence-electron chi connectivity index (χ1n) is 34.7. The van der Waals surface area contributed by atoms with Gasteiger partial charge in [0.05, 0.1) is 49.8 Å². The van der Waals surface area contributed by atoms with Crippen molar-refractivity contribution in [1.29, 1.82) is 0 Å². The van der Waals surface area contributed by atoms with Crippen molar-refractivity contribution in [3.8, 4) is 84.0 Å². The highest BCUT2D eigenvalue weighted by Gasteiger charge is 2.19. The lowest BCUT2D eigenvalue weighted by atomic mass is 9.98. The number of aromatic nitrogens is 5. The topological polar surface area (TPSA) is 53.7 Å². The van der Waals surface area contributed by atoms with E-state index in [1.165, 1.54) is 104 Å². The first kappa shape index (κ1) is 58.5. The largest absolute Gasteiger partial charge is 0.455 e. The summed E-state index contributed by atoms with van der Waals surface area (Å²) >= 11 is 0. The molecule has 0 fully saturated rings. The number of hydrogen-bond donors (Lipinski definition) is 0. The smallest absolute Gasteiger partial charge is 0.143 e. The van der Waals surface area contributed by atoms with E-state index in [0.29, 0.717) is 0 Å². The van der Waals surface area contributed by atoms with Crippen molar-refractivity contribution >= 4 is 109 Å². The summed E-state index contributed by atoms with van der Waals surface area (Å²) in [6, 6.07) is 130. The number of fused-ring (bicyclic) bond motifs is 14. The Kier molecular flexibility index (Phi) is 13.8. The van der Waals surface area contributed by atoms with Crippen LogP contribution in [0.15, 0.2) is 375 Å². The van der Waals surface area contributed by atoms with Crippen LogP contribution >= 0.6 is 0 Å². The van der Waals surface area contributed by atoms with E-state index in [4.69, 9.17) is 14.4 Å². The van der Waals surface area contributed by atoms with Crippen LogP contribution < -0.4 is 0 Å². The zero-order chi connectivity index (χ0) is 67.2. The first-order valence-corrected chi connectivity index (χ1v) is 34.7. The van der Waals surface area contributed by atoms with E-state index in [1.807, 2.05) is 36.5 Å². The summed E-state index contributed by atoms with van der Waals surface area (Å²) in [5, 5.41) is 12.1. The zero-order valence-corrected chi connectivity index (χ0v) is 55.4. The van der Waals surface area contributed by atoms with Gasteiger partial charge >= 0.3 is 0 Å². The molecule has 0 aliphatic carbocycles. The van der Waals surface area contributed by atoms with E-state index in [0.717, 1.165) is 88.6 Å². The van der Waals surface area contributed by atoms with Crippen molar-refractivity contribution in [3.05, 3.63) is 370 Å². The molecular formula is C96H61N5O. The Balaban J connectivity index is 0.000000138. The van der Waals surface area contributed by atoms with Crippen LogP contribution in [0.3, 0.4) is 0 Å². The molecule has 0 saturated heterocycles. The summed E-state index contributed by atoms with van der Waals surface area (Å²) in [6.07, 6.45) is 1.98. The number of para-hydroxylation sites is 8. The van der Waals surface area contributed by atoms with Gasteiger partial charge in [0.15, 0.2) is 0 Å². The molecule has 6 aromatic heterocycles. The molecule has 6 heteroatoms. The van der Waals surface area contributed by atoms with E-state index < -0.39 is 0 Å². The molecule has 0 bridgehead atoms. The lowest BCUT2D eigenvalue weighted by Gasteiger charge is -2.11. The van der Waals surface area contributed by atoms with Gasteiger partial charge in [-0.15, -0.1) is 0 Å². The highest BCUT2D eigenvalue weighted by Crippen LogP contribution is 2.42. The summed E-state index contributed by atoms with van der Waals surface area (Å²) in [7, 11) is 0. The maximum absolute atomic E-state index is 6.34. The van der Waals surface area contributed by atoms with Crippen LogP contribution in [-0.4, -0.2) is 23.7 Å². The van der Waals surface area contributed by atoms with Crippen LogP contribution in [0.5, 0.6) is 0 Å². The van der Waals surface area contributed by atoms with Gasteiger partial charge in [0.25, 0.3) is 0 Å². The fourth-order valence-corrected chi connectivity index (χ4v) is 15.6. The SMILES string of the molecule is c1ccc(-n2c3ccccc3c3cc(-c4ccc(-n5c6ccccc6c6cc(-c7cccc(-c8cnc9ccccc9c8)c7)ccc65)cc4)ccc32)cc1.c1ccc2nc(-c3ccc(-c4ccc5c(c4)c4ccccc4n5-c4ccc(-c5cccc6c5oc5ccccc56)cc4)cc3)ccc2c1. The van der Waals surface area contributed by atoms with E-state index in [-0.39, 0.29) is 0 Å². The average Bonchev–Trinajstić information content (AvgIpc) is 1.60. The number of benzene rings is 15. The Morgan fingerprint density at radius 1 is 0.225 bits per heavy atom. The van der Waals surface area contributed by atoms with Gasteiger partial charge in [0.1, 0.15) is 11.2 Å². The second-order valence-corrected chi connectivity index (χ2v) is 26.4. The molecule has 0 aliphatic heterocycles. The monoisotopic (exact) mass is 1300 g/mol. The average molecular weight is 1300 g/mol. The lowest BCUT2D eigenvalue weighted by Crippen LogP contribution is -1.94. The van der Waals surface area contributed by atoms with Crippen LogP contribution in [0.4, 0.5) is 0 Å². The van der Waals surface area contributed by atoms with Gasteiger partial charge in [0.2, 0.25) is 0 Å². The molecule has 6 heterocycles. The van der Waals surface area contributed by atoms with E-state index >= 15 is 0 Å². The molecule has 0 unspecified atom stereocenters. The highest BCUT2D eigenvalue weighted by molar-refractivity contribution is 6.14. The minimum Gasteiger partial charge on any atom is -0.455 e. The third kappa shape index (κ3) is 9.95. The number of nitrogens with zero attached hydrogens (tertiary/aromatic N) is 5. The molecule has 0 aliphatic rings. The first-order chi connectivity index (χ1) is 50.5. The number of furan rings is 1. The van der Waals surface area contributed by atoms with Crippen molar-refractivity contribution < 1.29 is 4.42 Å². The van der Waals surface area contributed by atoms with Gasteiger partial charge < -0.3 is 18.1 Å². The zero-order valence-electron chi connectivity index (χ0n) is 55.4. The standard InChI is InChI=1S/C51H33N3.C45H28N2O/c1-2-14-41(15-3-1)53-48-19-8-5-16-43(48)45-31-37(23-27-50(45)53)34-21-25-42(26-22-34)54-49-20-9-6-17-44(49)46-32-38(24-28-51(46)54)35-12-10-13-36(29-35)40-30-39-11-4-7-18-47(39)52-33-40;1-4-13-40-31(8-1)22-26-41(46-40)32-18-16-29(17-19-32)33-23-27-43-39(28-33)36-9-2-5-14-42(36)47(43)34-24-20-30(21-25-34)35-11-7-12-38-37-10-3-6-15-44(37)48-45(35)38/h1-33H;1-28H. The molecule has 0 amide bonds. The second-order valence-electron chi connectivity index (χ2n) is 26.4. The molecular weight excluding hydrogens is 1240 g/mol. The van der Waals surface area contributed by atoms with E-state index in [2.05, 4.69) is 347 Å².